The number of hydrogen-bond donors (Lipinski definition) is 1. The molecule has 1 saturated carbocycles. The van der Waals surface area contributed by atoms with Crippen molar-refractivity contribution < 1.29 is 19.4 Å². The first-order chi connectivity index (χ1) is 11.1. The van der Waals surface area contributed by atoms with E-state index in [1.807, 2.05) is 24.3 Å². The van der Waals surface area contributed by atoms with Crippen molar-refractivity contribution in [1.82, 2.24) is 4.90 Å². The van der Waals surface area contributed by atoms with E-state index in [-0.39, 0.29) is 18.1 Å². The summed E-state index contributed by atoms with van der Waals surface area (Å²) in [5.74, 6) is 0.765. The predicted octanol–water partition coefficient (Wildman–Crippen LogP) is 3.13. The van der Waals surface area contributed by atoms with Crippen LogP contribution < -0.4 is 4.74 Å². The molecule has 1 N–H and O–H groups in total. The Labute approximate surface area is 137 Å². The largest absolute Gasteiger partial charge is 0.496 e. The fourth-order valence-electron chi connectivity index (χ4n) is 4.30. The first kappa shape index (κ1) is 16.1. The number of ether oxygens (including phenoxy) is 2. The molecule has 3 rings (SSSR count). The molecule has 1 heterocycles. The van der Waals surface area contributed by atoms with Crippen molar-refractivity contribution in [3.63, 3.8) is 0 Å². The van der Waals surface area contributed by atoms with Crippen LogP contribution in [0.3, 0.4) is 0 Å². The highest BCUT2D eigenvalue weighted by atomic mass is 16.5. The highest BCUT2D eigenvalue weighted by molar-refractivity contribution is 5.69. The summed E-state index contributed by atoms with van der Waals surface area (Å²) in [5.41, 5.74) is 0.249. The second kappa shape index (κ2) is 6.40. The summed E-state index contributed by atoms with van der Waals surface area (Å²) in [6.45, 7) is 0.502. The second-order valence-electron chi connectivity index (χ2n) is 6.56. The van der Waals surface area contributed by atoms with Crippen LogP contribution in [0.4, 0.5) is 4.79 Å². The first-order valence-electron chi connectivity index (χ1n) is 8.30. The molecule has 23 heavy (non-hydrogen) atoms. The van der Waals surface area contributed by atoms with Gasteiger partial charge in [0.1, 0.15) is 5.75 Å². The fraction of sp³-hybridized carbons (Fsp3) is 0.611. The van der Waals surface area contributed by atoms with Gasteiger partial charge in [-0.25, -0.2) is 4.79 Å². The van der Waals surface area contributed by atoms with E-state index in [4.69, 9.17) is 9.47 Å². The molecular formula is C18H25NO4. The number of nitrogens with zero attached hydrogens (tertiary/aromatic N) is 1. The third kappa shape index (κ3) is 2.78. The molecule has 0 bridgehead atoms. The SMILES string of the molecule is COC(=O)N1CC[C@@]2(O)CCCC[C@@H]2[C@@H]1c1ccccc1OC. The summed E-state index contributed by atoms with van der Waals surface area (Å²) >= 11 is 0. The van der Waals surface area contributed by atoms with Gasteiger partial charge in [-0.05, 0) is 25.3 Å². The molecule has 0 radical (unpaired) electrons. The number of benzene rings is 1. The van der Waals surface area contributed by atoms with Gasteiger partial charge in [-0.1, -0.05) is 31.0 Å². The molecule has 3 atom stereocenters. The number of piperidine rings is 1. The molecule has 0 aromatic heterocycles. The maximum atomic E-state index is 12.3. The van der Waals surface area contributed by atoms with Gasteiger partial charge in [0.15, 0.2) is 0 Å². The highest BCUT2D eigenvalue weighted by Crippen LogP contribution is 2.50. The zero-order chi connectivity index (χ0) is 16.4. The second-order valence-corrected chi connectivity index (χ2v) is 6.56. The van der Waals surface area contributed by atoms with Crippen LogP contribution >= 0.6 is 0 Å². The molecule has 2 fully saturated rings. The van der Waals surface area contributed by atoms with Gasteiger partial charge < -0.3 is 19.5 Å². The van der Waals surface area contributed by atoms with Gasteiger partial charge in [-0.2, -0.15) is 0 Å². The normalized spacial score (nSPS) is 30.5. The Kier molecular flexibility index (Phi) is 4.48. The molecule has 1 saturated heterocycles. The van der Waals surface area contributed by atoms with E-state index in [0.717, 1.165) is 37.0 Å². The summed E-state index contributed by atoms with van der Waals surface area (Å²) in [6.07, 6.45) is 4.11. The van der Waals surface area contributed by atoms with Crippen molar-refractivity contribution in [1.29, 1.82) is 0 Å². The quantitative estimate of drug-likeness (QED) is 0.910. The van der Waals surface area contributed by atoms with E-state index in [9.17, 15) is 9.90 Å². The molecule has 5 nitrogen and oxygen atoms in total. The average Bonchev–Trinajstić information content (AvgIpc) is 2.59. The number of likely N-dealkylation sites (tertiary alicyclic amines) is 1. The van der Waals surface area contributed by atoms with Crippen molar-refractivity contribution in [3.8, 4) is 5.75 Å². The molecule has 1 aromatic rings. The molecule has 1 aromatic carbocycles. The van der Waals surface area contributed by atoms with Crippen LogP contribution in [0, 0.1) is 5.92 Å². The van der Waals surface area contributed by atoms with Crippen molar-refractivity contribution in [3.05, 3.63) is 29.8 Å². The predicted molar refractivity (Wildman–Crippen MR) is 86.4 cm³/mol. The number of fused-ring (bicyclic) bond motifs is 1. The maximum absolute atomic E-state index is 12.3. The molecular weight excluding hydrogens is 294 g/mol. The third-order valence-corrected chi connectivity index (χ3v) is 5.43. The monoisotopic (exact) mass is 319 g/mol. The Morgan fingerprint density at radius 2 is 2.04 bits per heavy atom. The maximum Gasteiger partial charge on any atom is 0.410 e. The summed E-state index contributed by atoms with van der Waals surface area (Å²) in [5, 5.41) is 11.1. The fourth-order valence-corrected chi connectivity index (χ4v) is 4.30. The Morgan fingerprint density at radius 3 is 2.78 bits per heavy atom. The van der Waals surface area contributed by atoms with Gasteiger partial charge in [-0.3, -0.25) is 0 Å². The number of hydrogen-bond acceptors (Lipinski definition) is 4. The van der Waals surface area contributed by atoms with E-state index < -0.39 is 5.60 Å². The lowest BCUT2D eigenvalue weighted by atomic mass is 9.66. The summed E-state index contributed by atoms with van der Waals surface area (Å²) < 4.78 is 10.5. The Bertz CT molecular complexity index is 576. The first-order valence-corrected chi connectivity index (χ1v) is 8.30. The molecule has 2 aliphatic rings. The minimum Gasteiger partial charge on any atom is -0.496 e. The van der Waals surface area contributed by atoms with Gasteiger partial charge in [-0.15, -0.1) is 0 Å². The Balaban J connectivity index is 2.06. The number of aliphatic hydroxyl groups is 1. The van der Waals surface area contributed by atoms with E-state index >= 15 is 0 Å². The van der Waals surface area contributed by atoms with E-state index in [0.29, 0.717) is 13.0 Å². The molecule has 1 amide bonds. The number of methoxy groups -OCH3 is 2. The van der Waals surface area contributed by atoms with Crippen LogP contribution in [0.15, 0.2) is 24.3 Å². The van der Waals surface area contributed by atoms with Crippen LogP contribution in [0.5, 0.6) is 5.75 Å². The molecule has 126 valence electrons. The summed E-state index contributed by atoms with van der Waals surface area (Å²) in [6, 6.07) is 7.55. The molecule has 1 aliphatic carbocycles. The van der Waals surface area contributed by atoms with Crippen molar-refractivity contribution >= 4 is 6.09 Å². The lowest BCUT2D eigenvalue weighted by molar-refractivity contribution is -0.118. The third-order valence-electron chi connectivity index (χ3n) is 5.43. The zero-order valence-corrected chi connectivity index (χ0v) is 13.8. The highest BCUT2D eigenvalue weighted by Gasteiger charge is 2.51. The topological polar surface area (TPSA) is 59.0 Å². The number of carbonyl (C=O) groups is 1. The van der Waals surface area contributed by atoms with Crippen LogP contribution in [-0.4, -0.2) is 42.5 Å². The van der Waals surface area contributed by atoms with E-state index in [1.165, 1.54) is 7.11 Å². The lowest BCUT2D eigenvalue weighted by Gasteiger charge is -2.52. The van der Waals surface area contributed by atoms with Crippen LogP contribution in [0.2, 0.25) is 0 Å². The molecule has 5 heteroatoms. The van der Waals surface area contributed by atoms with Gasteiger partial charge in [0, 0.05) is 18.0 Å². The minimum atomic E-state index is -0.700. The molecule has 0 unspecified atom stereocenters. The standard InChI is InChI=1S/C18H25NO4/c1-22-15-9-4-3-7-13(15)16-14-8-5-6-10-18(14,21)11-12-19(16)17(20)23-2/h3-4,7,9,14,16,21H,5-6,8,10-12H2,1-2H3/t14-,16+,18+/m1/s1. The van der Waals surface area contributed by atoms with E-state index in [2.05, 4.69) is 0 Å². The van der Waals surface area contributed by atoms with Gasteiger partial charge in [0.05, 0.1) is 25.9 Å². The number of rotatable bonds is 2. The lowest BCUT2D eigenvalue weighted by Crippen LogP contribution is -2.56. The van der Waals surface area contributed by atoms with Crippen molar-refractivity contribution in [2.24, 2.45) is 5.92 Å². The minimum absolute atomic E-state index is 0.0143. The van der Waals surface area contributed by atoms with Gasteiger partial charge in [0.2, 0.25) is 0 Å². The smallest absolute Gasteiger partial charge is 0.410 e. The Morgan fingerprint density at radius 1 is 1.26 bits per heavy atom. The summed E-state index contributed by atoms with van der Waals surface area (Å²) in [7, 11) is 3.04. The van der Waals surface area contributed by atoms with Crippen LogP contribution in [0.25, 0.3) is 0 Å². The summed E-state index contributed by atoms with van der Waals surface area (Å²) in [4.78, 5) is 14.1. The molecule has 1 aliphatic heterocycles. The number of para-hydroxylation sites is 1. The van der Waals surface area contributed by atoms with Crippen LogP contribution in [0.1, 0.15) is 43.7 Å². The van der Waals surface area contributed by atoms with Crippen LogP contribution in [-0.2, 0) is 4.74 Å². The number of amides is 1. The zero-order valence-electron chi connectivity index (χ0n) is 13.8. The van der Waals surface area contributed by atoms with Crippen molar-refractivity contribution in [2.75, 3.05) is 20.8 Å². The number of carbonyl (C=O) groups excluding carboxylic acids is 1. The van der Waals surface area contributed by atoms with Crippen molar-refractivity contribution in [2.45, 2.75) is 43.7 Å². The van der Waals surface area contributed by atoms with Gasteiger partial charge >= 0.3 is 6.09 Å². The average molecular weight is 319 g/mol. The van der Waals surface area contributed by atoms with Gasteiger partial charge in [0.25, 0.3) is 0 Å². The van der Waals surface area contributed by atoms with E-state index in [1.54, 1.807) is 12.0 Å². The molecule has 0 spiro atoms. The Hall–Kier alpha value is -1.75.